The van der Waals surface area contributed by atoms with Crippen LogP contribution in [0.3, 0.4) is 0 Å². The van der Waals surface area contributed by atoms with Crippen LogP contribution in [0.2, 0.25) is 0 Å². The summed E-state index contributed by atoms with van der Waals surface area (Å²) in [4.78, 5) is 17.4. The van der Waals surface area contributed by atoms with Gasteiger partial charge in [0.2, 0.25) is 15.9 Å². The van der Waals surface area contributed by atoms with Crippen LogP contribution in [-0.4, -0.2) is 82.7 Å². The van der Waals surface area contributed by atoms with Crippen molar-refractivity contribution < 1.29 is 13.2 Å². The number of piperidine rings is 1. The minimum Gasteiger partial charge on any atom is -0.340 e. The van der Waals surface area contributed by atoms with Crippen LogP contribution in [0.15, 0.2) is 53.4 Å². The molecule has 2 aromatic carbocycles. The third-order valence-electron chi connectivity index (χ3n) is 6.95. The first-order valence-corrected chi connectivity index (χ1v) is 13.8. The van der Waals surface area contributed by atoms with Crippen molar-refractivity contribution in [2.24, 2.45) is 0 Å². The van der Waals surface area contributed by atoms with Gasteiger partial charge in [0.15, 0.2) is 0 Å². The third kappa shape index (κ3) is 5.39. The van der Waals surface area contributed by atoms with E-state index in [1.165, 1.54) is 5.56 Å². The Kier molecular flexibility index (Phi) is 7.12. The molecule has 2 saturated heterocycles. The van der Waals surface area contributed by atoms with Gasteiger partial charge in [-0.15, -0.1) is 5.10 Å². The topological polar surface area (TPSA) is 91.6 Å². The van der Waals surface area contributed by atoms with Crippen LogP contribution in [0.5, 0.6) is 0 Å². The molecule has 10 heteroatoms. The van der Waals surface area contributed by atoms with Gasteiger partial charge in [0, 0.05) is 52.2 Å². The van der Waals surface area contributed by atoms with E-state index in [0.717, 1.165) is 57.5 Å². The van der Waals surface area contributed by atoms with Gasteiger partial charge in [0.25, 0.3) is 0 Å². The van der Waals surface area contributed by atoms with E-state index < -0.39 is 10.0 Å². The molecule has 9 nitrogen and oxygen atoms in total. The summed E-state index contributed by atoms with van der Waals surface area (Å²) in [7, 11) is -3.52. The summed E-state index contributed by atoms with van der Waals surface area (Å²) in [6, 6.07) is 15.4. The van der Waals surface area contributed by atoms with Crippen LogP contribution in [0, 0.1) is 0 Å². The highest BCUT2D eigenvalue weighted by Crippen LogP contribution is 2.23. The second-order valence-electron chi connectivity index (χ2n) is 9.32. The Bertz CT molecular complexity index is 1260. The molecule has 0 saturated carbocycles. The first-order valence-electron chi connectivity index (χ1n) is 12.4. The molecule has 2 aliphatic rings. The Hall–Kier alpha value is -2.82. The zero-order valence-corrected chi connectivity index (χ0v) is 20.7. The number of carbonyl (C=O) groups excluding carboxylic acids is 1. The van der Waals surface area contributed by atoms with Crippen LogP contribution in [0.25, 0.3) is 11.0 Å². The van der Waals surface area contributed by atoms with Gasteiger partial charge in [-0.3, -0.25) is 9.69 Å². The quantitative estimate of drug-likeness (QED) is 0.499. The van der Waals surface area contributed by atoms with Gasteiger partial charge in [-0.2, -0.15) is 4.31 Å². The van der Waals surface area contributed by atoms with Crippen molar-refractivity contribution in [2.45, 2.75) is 43.7 Å². The minimum absolute atomic E-state index is 0.109. The molecule has 2 fully saturated rings. The summed E-state index contributed by atoms with van der Waals surface area (Å²) in [5, 5.41) is 8.36. The maximum atomic E-state index is 13.0. The number of fused-ring (bicyclic) bond motifs is 1. The number of hydrogen-bond acceptors (Lipinski definition) is 6. The number of piperazine rings is 1. The molecule has 3 heterocycles. The summed E-state index contributed by atoms with van der Waals surface area (Å²) in [6.07, 6.45) is 3.20. The smallest absolute Gasteiger partial charge is 0.243 e. The molecule has 0 unspecified atom stereocenters. The average Bonchev–Trinajstić information content (AvgIpc) is 3.31. The molecular formula is C25H32N6O3S. The van der Waals surface area contributed by atoms with Crippen LogP contribution in [0.1, 0.15) is 31.2 Å². The largest absolute Gasteiger partial charge is 0.340 e. The fourth-order valence-electron chi connectivity index (χ4n) is 4.89. The molecule has 0 atom stereocenters. The molecule has 5 rings (SSSR count). The summed E-state index contributed by atoms with van der Waals surface area (Å²) in [5.74, 6) is 0.109. The highest BCUT2D eigenvalue weighted by atomic mass is 32.2. The lowest BCUT2D eigenvalue weighted by molar-refractivity contribution is -0.133. The van der Waals surface area contributed by atoms with Crippen molar-refractivity contribution in [1.82, 2.24) is 29.1 Å². The maximum Gasteiger partial charge on any atom is 0.243 e. The minimum atomic E-state index is -3.52. The summed E-state index contributed by atoms with van der Waals surface area (Å²) in [6.45, 7) is 5.62. The summed E-state index contributed by atoms with van der Waals surface area (Å²) >= 11 is 0. The van der Waals surface area contributed by atoms with Crippen molar-refractivity contribution in [3.63, 3.8) is 0 Å². The molecule has 3 aromatic rings. The Morgan fingerprint density at radius 1 is 0.886 bits per heavy atom. The number of amides is 1. The number of carbonyl (C=O) groups is 1. The molecule has 1 amide bonds. The molecule has 0 spiro atoms. The van der Waals surface area contributed by atoms with Gasteiger partial charge in [-0.1, -0.05) is 42.0 Å². The normalized spacial score (nSPS) is 18.2. The fraction of sp³-hybridized carbons (Fsp3) is 0.480. The van der Waals surface area contributed by atoms with Crippen molar-refractivity contribution in [3.05, 3.63) is 54.1 Å². The monoisotopic (exact) mass is 496 g/mol. The van der Waals surface area contributed by atoms with Crippen molar-refractivity contribution in [3.8, 4) is 0 Å². The molecular weight excluding hydrogens is 464 g/mol. The number of rotatable bonds is 7. The Morgan fingerprint density at radius 2 is 1.63 bits per heavy atom. The number of aromatic nitrogens is 3. The molecule has 186 valence electrons. The number of aryl methyl sites for hydroxylation is 1. The van der Waals surface area contributed by atoms with E-state index >= 15 is 0 Å². The van der Waals surface area contributed by atoms with E-state index in [1.54, 1.807) is 27.2 Å². The van der Waals surface area contributed by atoms with Crippen molar-refractivity contribution >= 4 is 27.0 Å². The van der Waals surface area contributed by atoms with Gasteiger partial charge in [0.1, 0.15) is 5.52 Å². The second kappa shape index (κ2) is 10.4. The first kappa shape index (κ1) is 23.9. The summed E-state index contributed by atoms with van der Waals surface area (Å²) in [5.41, 5.74) is 2.56. The highest BCUT2D eigenvalue weighted by molar-refractivity contribution is 7.89. The lowest BCUT2D eigenvalue weighted by Gasteiger charge is -2.34. The maximum absolute atomic E-state index is 13.0. The lowest BCUT2D eigenvalue weighted by atomic mass is 10.2. The van der Waals surface area contributed by atoms with Gasteiger partial charge >= 0.3 is 0 Å². The second-order valence-corrected chi connectivity index (χ2v) is 11.3. The van der Waals surface area contributed by atoms with Crippen LogP contribution in [-0.2, 0) is 27.9 Å². The van der Waals surface area contributed by atoms with Gasteiger partial charge in [-0.25, -0.2) is 13.1 Å². The summed E-state index contributed by atoms with van der Waals surface area (Å²) < 4.78 is 29.2. The lowest BCUT2D eigenvalue weighted by Crippen LogP contribution is -2.48. The van der Waals surface area contributed by atoms with E-state index in [9.17, 15) is 13.2 Å². The van der Waals surface area contributed by atoms with E-state index in [-0.39, 0.29) is 10.8 Å². The number of nitrogens with zero attached hydrogens (tertiary/aromatic N) is 6. The van der Waals surface area contributed by atoms with E-state index in [2.05, 4.69) is 39.5 Å². The van der Waals surface area contributed by atoms with E-state index in [4.69, 9.17) is 0 Å². The number of benzene rings is 2. The van der Waals surface area contributed by atoms with Crippen molar-refractivity contribution in [1.29, 1.82) is 0 Å². The highest BCUT2D eigenvalue weighted by Gasteiger charge is 2.27. The zero-order valence-electron chi connectivity index (χ0n) is 19.9. The molecule has 0 radical (unpaired) electrons. The number of hydrogen-bond donors (Lipinski definition) is 0. The molecule has 0 N–H and O–H groups in total. The standard InChI is InChI=1S/C25H32N6O3S/c32-25(29-17-15-28(16-18-29)20-21-7-3-1-4-8-21)11-14-31-24-10-9-22(19-23(24)26-27-31)35(33,34)30-12-5-2-6-13-30/h1,3-4,7-10,19H,2,5-6,11-18,20H2. The molecule has 2 aliphatic heterocycles. The predicted octanol–water partition coefficient (Wildman–Crippen LogP) is 2.34. The van der Waals surface area contributed by atoms with Crippen LogP contribution in [0.4, 0.5) is 0 Å². The van der Waals surface area contributed by atoms with Gasteiger partial charge < -0.3 is 4.90 Å². The number of sulfonamides is 1. The fourth-order valence-corrected chi connectivity index (χ4v) is 6.43. The Morgan fingerprint density at radius 3 is 2.37 bits per heavy atom. The Labute approximate surface area is 206 Å². The van der Waals surface area contributed by atoms with Crippen LogP contribution >= 0.6 is 0 Å². The molecule has 0 bridgehead atoms. The predicted molar refractivity (Wildman–Crippen MR) is 133 cm³/mol. The van der Waals surface area contributed by atoms with Crippen molar-refractivity contribution in [2.75, 3.05) is 39.3 Å². The zero-order chi connectivity index (χ0) is 24.3. The van der Waals surface area contributed by atoms with E-state index in [0.29, 0.717) is 31.6 Å². The Balaban J connectivity index is 1.16. The van der Waals surface area contributed by atoms with Crippen LogP contribution < -0.4 is 0 Å². The molecule has 35 heavy (non-hydrogen) atoms. The first-order chi connectivity index (χ1) is 17.0. The molecule has 1 aromatic heterocycles. The van der Waals surface area contributed by atoms with E-state index in [1.807, 2.05) is 11.0 Å². The third-order valence-corrected chi connectivity index (χ3v) is 8.84. The van der Waals surface area contributed by atoms with Gasteiger partial charge in [0.05, 0.1) is 17.0 Å². The average molecular weight is 497 g/mol. The molecule has 0 aliphatic carbocycles. The van der Waals surface area contributed by atoms with Gasteiger partial charge in [-0.05, 0) is 36.6 Å². The SMILES string of the molecule is O=C(CCn1nnc2cc(S(=O)(=O)N3CCCCC3)ccc21)N1CCN(Cc2ccccc2)CC1.